The molecule has 3 rings (SSSR count). The van der Waals surface area contributed by atoms with Gasteiger partial charge in [0.25, 0.3) is 6.01 Å². The average Bonchev–Trinajstić information content (AvgIpc) is 2.90. The van der Waals surface area contributed by atoms with Gasteiger partial charge in [0.1, 0.15) is 5.52 Å². The van der Waals surface area contributed by atoms with E-state index in [1.807, 2.05) is 4.90 Å². The Morgan fingerprint density at radius 3 is 2.96 bits per heavy atom. The molecule has 0 radical (unpaired) electrons. The molecule has 2 heterocycles. The monoisotopic (exact) mass is 357 g/mol. The molecular weight excluding hydrogens is 338 g/mol. The molecule has 1 aliphatic rings. The van der Waals surface area contributed by atoms with Crippen molar-refractivity contribution in [3.05, 3.63) is 23.2 Å². The van der Waals surface area contributed by atoms with Crippen molar-refractivity contribution in [1.29, 1.82) is 0 Å². The quantitative estimate of drug-likeness (QED) is 0.910. The number of benzene rings is 1. The van der Waals surface area contributed by atoms with E-state index in [9.17, 15) is 8.42 Å². The first kappa shape index (κ1) is 16.5. The molecule has 1 atom stereocenters. The maximum atomic E-state index is 12.0. The molecule has 0 amide bonds. The second-order valence-corrected chi connectivity index (χ2v) is 8.81. The number of rotatable bonds is 4. The summed E-state index contributed by atoms with van der Waals surface area (Å²) < 4.78 is 32.6. The van der Waals surface area contributed by atoms with Crippen molar-refractivity contribution in [2.45, 2.75) is 38.0 Å². The first-order chi connectivity index (χ1) is 10.8. The lowest BCUT2D eigenvalue weighted by atomic mass is 10.1. The van der Waals surface area contributed by atoms with Crippen LogP contribution in [-0.4, -0.2) is 37.8 Å². The van der Waals surface area contributed by atoms with Gasteiger partial charge in [-0.05, 0) is 44.9 Å². The lowest BCUT2D eigenvalue weighted by molar-refractivity contribution is 0.439. The van der Waals surface area contributed by atoms with Crippen LogP contribution in [0.15, 0.2) is 22.6 Å². The Morgan fingerprint density at radius 1 is 1.43 bits per heavy atom. The van der Waals surface area contributed by atoms with Crippen LogP contribution in [0.25, 0.3) is 11.1 Å². The highest BCUT2D eigenvalue weighted by Gasteiger charge is 2.28. The fourth-order valence-corrected chi connectivity index (χ4v) is 3.73. The molecule has 0 saturated carbocycles. The summed E-state index contributed by atoms with van der Waals surface area (Å²) in [5.41, 5.74) is 1.38. The number of anilines is 1. The molecule has 0 bridgehead atoms. The Labute approximate surface area is 140 Å². The number of sulfonamides is 1. The summed E-state index contributed by atoms with van der Waals surface area (Å²) in [6, 6.07) is 5.68. The zero-order valence-electron chi connectivity index (χ0n) is 13.1. The zero-order valence-corrected chi connectivity index (χ0v) is 14.7. The first-order valence-electron chi connectivity index (χ1n) is 7.67. The van der Waals surface area contributed by atoms with Crippen molar-refractivity contribution in [2.24, 2.45) is 0 Å². The number of oxazole rings is 1. The van der Waals surface area contributed by atoms with Crippen LogP contribution >= 0.6 is 11.6 Å². The summed E-state index contributed by atoms with van der Waals surface area (Å²) in [6.45, 7) is 4.69. The highest BCUT2D eigenvalue weighted by atomic mass is 35.5. The molecule has 1 fully saturated rings. The summed E-state index contributed by atoms with van der Waals surface area (Å²) in [6.07, 6.45) is 1.69. The van der Waals surface area contributed by atoms with Crippen LogP contribution in [0.2, 0.25) is 5.02 Å². The second kappa shape index (κ2) is 6.30. The van der Waals surface area contributed by atoms with Gasteiger partial charge < -0.3 is 9.32 Å². The molecule has 2 aromatic rings. The number of hydrogen-bond donors (Lipinski definition) is 1. The van der Waals surface area contributed by atoms with Gasteiger partial charge in [0.15, 0.2) is 5.58 Å². The lowest BCUT2D eigenvalue weighted by Gasteiger charge is -2.32. The molecule has 1 unspecified atom stereocenters. The van der Waals surface area contributed by atoms with Gasteiger partial charge in [-0.3, -0.25) is 0 Å². The van der Waals surface area contributed by atoms with Crippen LogP contribution in [0.1, 0.15) is 26.7 Å². The van der Waals surface area contributed by atoms with Crippen molar-refractivity contribution in [3.63, 3.8) is 0 Å². The van der Waals surface area contributed by atoms with Gasteiger partial charge in [-0.25, -0.2) is 13.1 Å². The van der Waals surface area contributed by atoms with Crippen molar-refractivity contribution >= 4 is 38.7 Å². The lowest BCUT2D eigenvalue weighted by Crippen LogP contribution is -2.49. The largest absolute Gasteiger partial charge is 0.423 e. The SMILES string of the molecule is CC(C)S(=O)(=O)NC1CCCN(c2nc3cc(Cl)ccc3o2)C1. The third-order valence-electron chi connectivity index (χ3n) is 3.98. The normalized spacial score (nSPS) is 19.7. The van der Waals surface area contributed by atoms with E-state index in [2.05, 4.69) is 9.71 Å². The van der Waals surface area contributed by atoms with E-state index in [-0.39, 0.29) is 6.04 Å². The topological polar surface area (TPSA) is 75.4 Å². The fraction of sp³-hybridized carbons (Fsp3) is 0.533. The van der Waals surface area contributed by atoms with Crippen LogP contribution in [0, 0.1) is 0 Å². The molecule has 1 N–H and O–H groups in total. The summed E-state index contributed by atoms with van der Waals surface area (Å²) in [7, 11) is -3.28. The number of aromatic nitrogens is 1. The van der Waals surface area contributed by atoms with E-state index >= 15 is 0 Å². The van der Waals surface area contributed by atoms with Crippen LogP contribution < -0.4 is 9.62 Å². The highest BCUT2D eigenvalue weighted by molar-refractivity contribution is 7.90. The number of hydrogen-bond acceptors (Lipinski definition) is 5. The number of nitrogens with zero attached hydrogens (tertiary/aromatic N) is 2. The maximum absolute atomic E-state index is 12.0. The van der Waals surface area contributed by atoms with Crippen LogP contribution in [0.3, 0.4) is 0 Å². The summed E-state index contributed by atoms with van der Waals surface area (Å²) >= 11 is 5.97. The molecule has 8 heteroatoms. The van der Waals surface area contributed by atoms with Crippen molar-refractivity contribution < 1.29 is 12.8 Å². The molecule has 1 aliphatic heterocycles. The van der Waals surface area contributed by atoms with Crippen molar-refractivity contribution in [2.75, 3.05) is 18.0 Å². The summed E-state index contributed by atoms with van der Waals surface area (Å²) in [5, 5.41) is 0.169. The first-order valence-corrected chi connectivity index (χ1v) is 9.60. The fourth-order valence-electron chi connectivity index (χ4n) is 2.64. The minimum absolute atomic E-state index is 0.130. The van der Waals surface area contributed by atoms with E-state index in [1.165, 1.54) is 0 Å². The Morgan fingerprint density at radius 2 is 2.22 bits per heavy atom. The second-order valence-electron chi connectivity index (χ2n) is 6.11. The summed E-state index contributed by atoms with van der Waals surface area (Å²) in [4.78, 5) is 6.44. The van der Waals surface area contributed by atoms with Gasteiger partial charge in [0.05, 0.1) is 5.25 Å². The van der Waals surface area contributed by atoms with Crippen molar-refractivity contribution in [3.8, 4) is 0 Å². The van der Waals surface area contributed by atoms with E-state index in [4.69, 9.17) is 16.0 Å². The van der Waals surface area contributed by atoms with E-state index in [1.54, 1.807) is 32.0 Å². The molecule has 23 heavy (non-hydrogen) atoms. The molecule has 0 aliphatic carbocycles. The molecule has 0 spiro atoms. The molecule has 6 nitrogen and oxygen atoms in total. The third kappa shape index (κ3) is 3.62. The maximum Gasteiger partial charge on any atom is 0.298 e. The smallest absolute Gasteiger partial charge is 0.298 e. The molecule has 1 aromatic heterocycles. The van der Waals surface area contributed by atoms with E-state index in [0.29, 0.717) is 28.7 Å². The Kier molecular flexibility index (Phi) is 4.53. The standard InChI is InChI=1S/C15H20ClN3O3S/c1-10(2)23(20,21)18-12-4-3-7-19(9-12)15-17-13-8-11(16)5-6-14(13)22-15/h5-6,8,10,12,18H,3-4,7,9H2,1-2H3. The Hall–Kier alpha value is -1.31. The van der Waals surface area contributed by atoms with Gasteiger partial charge in [0, 0.05) is 24.2 Å². The third-order valence-corrected chi connectivity index (χ3v) is 6.12. The number of fused-ring (bicyclic) bond motifs is 1. The number of nitrogens with one attached hydrogen (secondary N) is 1. The Bertz CT molecular complexity index is 803. The van der Waals surface area contributed by atoms with Gasteiger partial charge >= 0.3 is 0 Å². The predicted molar refractivity (Wildman–Crippen MR) is 91.4 cm³/mol. The number of piperidine rings is 1. The summed E-state index contributed by atoms with van der Waals surface area (Å²) in [5.74, 6) is 0. The van der Waals surface area contributed by atoms with E-state index < -0.39 is 15.3 Å². The van der Waals surface area contributed by atoms with Crippen LogP contribution in [0.4, 0.5) is 6.01 Å². The predicted octanol–water partition coefficient (Wildman–Crippen LogP) is 2.78. The average molecular weight is 358 g/mol. The van der Waals surface area contributed by atoms with Gasteiger partial charge in [-0.1, -0.05) is 11.6 Å². The molecule has 1 aromatic carbocycles. The molecule has 1 saturated heterocycles. The molecule has 126 valence electrons. The van der Waals surface area contributed by atoms with Gasteiger partial charge in [-0.15, -0.1) is 0 Å². The van der Waals surface area contributed by atoms with E-state index in [0.717, 1.165) is 19.4 Å². The van der Waals surface area contributed by atoms with Gasteiger partial charge in [-0.2, -0.15) is 4.98 Å². The van der Waals surface area contributed by atoms with Crippen LogP contribution in [-0.2, 0) is 10.0 Å². The van der Waals surface area contributed by atoms with Crippen LogP contribution in [0.5, 0.6) is 0 Å². The van der Waals surface area contributed by atoms with Gasteiger partial charge in [0.2, 0.25) is 10.0 Å². The number of halogens is 1. The Balaban J connectivity index is 1.77. The molecular formula is C15H20ClN3O3S. The zero-order chi connectivity index (χ0) is 16.6. The minimum atomic E-state index is -3.28. The van der Waals surface area contributed by atoms with Crippen molar-refractivity contribution in [1.82, 2.24) is 9.71 Å². The minimum Gasteiger partial charge on any atom is -0.423 e. The highest BCUT2D eigenvalue weighted by Crippen LogP contribution is 2.26.